The van der Waals surface area contributed by atoms with Gasteiger partial charge in [0.1, 0.15) is 0 Å². The molecule has 0 unspecified atom stereocenters. The van der Waals surface area contributed by atoms with Gasteiger partial charge >= 0.3 is 0 Å². The number of anilines is 1. The second kappa shape index (κ2) is 7.31. The largest absolute Gasteiger partial charge is 0.491 e. The van der Waals surface area contributed by atoms with E-state index in [2.05, 4.69) is 5.32 Å². The van der Waals surface area contributed by atoms with E-state index in [1.165, 1.54) is 23.9 Å². The van der Waals surface area contributed by atoms with E-state index in [4.69, 9.17) is 4.74 Å². The van der Waals surface area contributed by atoms with Gasteiger partial charge in [0.25, 0.3) is 5.91 Å². The van der Waals surface area contributed by atoms with Crippen LogP contribution in [-0.2, 0) is 0 Å². The number of aryl methyl sites for hydroxylation is 1. The highest BCUT2D eigenvalue weighted by Gasteiger charge is 2.12. The fraction of sp³-hybridized carbons (Fsp3) is 0.235. The second-order valence-corrected chi connectivity index (χ2v) is 5.58. The molecule has 0 saturated heterocycles. The van der Waals surface area contributed by atoms with Gasteiger partial charge in [0.15, 0.2) is 11.6 Å². The van der Waals surface area contributed by atoms with Gasteiger partial charge in [-0.2, -0.15) is 0 Å². The van der Waals surface area contributed by atoms with Gasteiger partial charge in [0.05, 0.1) is 12.2 Å². The smallest absolute Gasteiger partial charge is 0.256 e. The van der Waals surface area contributed by atoms with Gasteiger partial charge in [-0.1, -0.05) is 6.07 Å². The Morgan fingerprint density at radius 1 is 1.27 bits per heavy atom. The molecule has 2 rings (SSSR count). The number of nitrogens with one attached hydrogen (secondary N) is 1. The van der Waals surface area contributed by atoms with Crippen LogP contribution in [0.1, 0.15) is 22.8 Å². The average molecular weight is 319 g/mol. The third-order valence-electron chi connectivity index (χ3n) is 3.09. The first-order valence-corrected chi connectivity index (χ1v) is 8.16. The molecule has 0 radical (unpaired) electrons. The Balaban J connectivity index is 2.20. The zero-order valence-corrected chi connectivity index (χ0v) is 13.6. The summed E-state index contributed by atoms with van der Waals surface area (Å²) in [6.07, 6.45) is 1.92. The third-order valence-corrected chi connectivity index (χ3v) is 3.87. The van der Waals surface area contributed by atoms with Crippen LogP contribution in [0.2, 0.25) is 0 Å². The van der Waals surface area contributed by atoms with Crippen molar-refractivity contribution in [3.8, 4) is 5.75 Å². The molecule has 0 aliphatic rings. The predicted molar refractivity (Wildman–Crippen MR) is 88.5 cm³/mol. The minimum absolute atomic E-state index is 0.181. The van der Waals surface area contributed by atoms with Crippen LogP contribution in [0.3, 0.4) is 0 Å². The van der Waals surface area contributed by atoms with Gasteiger partial charge in [0, 0.05) is 16.6 Å². The molecule has 22 heavy (non-hydrogen) atoms. The van der Waals surface area contributed by atoms with Gasteiger partial charge < -0.3 is 10.1 Å². The molecule has 2 aromatic rings. The van der Waals surface area contributed by atoms with E-state index in [-0.39, 0.29) is 11.7 Å². The summed E-state index contributed by atoms with van der Waals surface area (Å²) in [7, 11) is 0. The summed E-state index contributed by atoms with van der Waals surface area (Å²) in [5.41, 5.74) is 2.07. The normalized spacial score (nSPS) is 10.4. The Hall–Kier alpha value is -2.01. The van der Waals surface area contributed by atoms with E-state index in [1.54, 1.807) is 19.1 Å². The van der Waals surface area contributed by atoms with Gasteiger partial charge in [-0.05, 0) is 49.9 Å². The maximum absolute atomic E-state index is 13.8. The molecule has 0 saturated carbocycles. The van der Waals surface area contributed by atoms with Crippen molar-refractivity contribution in [1.82, 2.24) is 0 Å². The maximum Gasteiger partial charge on any atom is 0.256 e. The van der Waals surface area contributed by atoms with E-state index < -0.39 is 5.82 Å². The van der Waals surface area contributed by atoms with Crippen molar-refractivity contribution in [2.75, 3.05) is 18.2 Å². The van der Waals surface area contributed by atoms with Crippen molar-refractivity contribution in [2.24, 2.45) is 0 Å². The number of benzene rings is 2. The molecule has 0 bridgehead atoms. The maximum atomic E-state index is 13.8. The van der Waals surface area contributed by atoms with E-state index in [0.29, 0.717) is 17.9 Å². The molecular formula is C17H18FNO2S. The molecule has 1 amide bonds. The van der Waals surface area contributed by atoms with Crippen molar-refractivity contribution in [3.63, 3.8) is 0 Å². The van der Waals surface area contributed by atoms with Crippen molar-refractivity contribution >= 4 is 23.4 Å². The second-order valence-electron chi connectivity index (χ2n) is 4.74. The highest BCUT2D eigenvalue weighted by Crippen LogP contribution is 2.25. The number of carbonyl (C=O) groups excluding carboxylic acids is 1. The first-order valence-electron chi connectivity index (χ1n) is 6.93. The molecule has 0 spiro atoms. The monoisotopic (exact) mass is 319 g/mol. The summed E-state index contributed by atoms with van der Waals surface area (Å²) in [5, 5.41) is 2.71. The Labute approximate surface area is 133 Å². The minimum atomic E-state index is -0.492. The Morgan fingerprint density at radius 2 is 2.05 bits per heavy atom. The number of amides is 1. The van der Waals surface area contributed by atoms with Gasteiger partial charge in [-0.25, -0.2) is 4.39 Å². The molecule has 0 aromatic heterocycles. The van der Waals surface area contributed by atoms with Gasteiger partial charge in [0.2, 0.25) is 0 Å². The zero-order chi connectivity index (χ0) is 16.1. The van der Waals surface area contributed by atoms with Gasteiger partial charge in [-0.3, -0.25) is 4.79 Å². The lowest BCUT2D eigenvalue weighted by molar-refractivity contribution is 0.102. The first-order chi connectivity index (χ1) is 10.5. The number of hydrogen-bond acceptors (Lipinski definition) is 3. The summed E-state index contributed by atoms with van der Waals surface area (Å²) in [6.45, 7) is 4.16. The zero-order valence-electron chi connectivity index (χ0n) is 12.8. The van der Waals surface area contributed by atoms with Crippen LogP contribution in [-0.4, -0.2) is 18.8 Å². The van der Waals surface area contributed by atoms with Gasteiger partial charge in [-0.15, -0.1) is 11.8 Å². The average Bonchev–Trinajstić information content (AvgIpc) is 2.49. The Kier molecular flexibility index (Phi) is 5.44. The van der Waals surface area contributed by atoms with Crippen molar-refractivity contribution < 1.29 is 13.9 Å². The fourth-order valence-electron chi connectivity index (χ4n) is 2.04. The summed E-state index contributed by atoms with van der Waals surface area (Å²) >= 11 is 1.51. The summed E-state index contributed by atoms with van der Waals surface area (Å²) in [6, 6.07) is 10.0. The number of ether oxygens (including phenoxy) is 1. The minimum Gasteiger partial charge on any atom is -0.491 e. The Morgan fingerprint density at radius 3 is 2.68 bits per heavy atom. The van der Waals surface area contributed by atoms with Crippen molar-refractivity contribution in [2.45, 2.75) is 18.7 Å². The van der Waals surface area contributed by atoms with Crippen LogP contribution in [0.5, 0.6) is 5.75 Å². The van der Waals surface area contributed by atoms with E-state index in [9.17, 15) is 9.18 Å². The number of carbonyl (C=O) groups is 1. The van der Waals surface area contributed by atoms with Crippen LogP contribution in [0.25, 0.3) is 0 Å². The van der Waals surface area contributed by atoms with Crippen LogP contribution >= 0.6 is 11.8 Å². The van der Waals surface area contributed by atoms with E-state index >= 15 is 0 Å². The van der Waals surface area contributed by atoms with Crippen LogP contribution in [0.4, 0.5) is 10.1 Å². The number of halogens is 1. The number of hydrogen-bond donors (Lipinski definition) is 1. The molecule has 0 fully saturated rings. The summed E-state index contributed by atoms with van der Waals surface area (Å²) < 4.78 is 18.9. The molecule has 116 valence electrons. The van der Waals surface area contributed by atoms with E-state index in [0.717, 1.165) is 10.5 Å². The number of thioether (sulfide) groups is 1. The molecule has 3 nitrogen and oxygen atoms in total. The molecule has 1 N–H and O–H groups in total. The summed E-state index contributed by atoms with van der Waals surface area (Å²) in [5.74, 6) is -0.567. The molecule has 0 aliphatic carbocycles. The van der Waals surface area contributed by atoms with Crippen LogP contribution < -0.4 is 10.1 Å². The van der Waals surface area contributed by atoms with E-state index in [1.807, 2.05) is 25.3 Å². The topological polar surface area (TPSA) is 38.3 Å². The first kappa shape index (κ1) is 16.4. The number of rotatable bonds is 5. The SMILES string of the molecule is CCOc1ccc(NC(=O)c2ccc(C)cc2SC)cc1F. The van der Waals surface area contributed by atoms with Crippen molar-refractivity contribution in [3.05, 3.63) is 53.3 Å². The van der Waals surface area contributed by atoms with Crippen LogP contribution in [0, 0.1) is 12.7 Å². The summed E-state index contributed by atoms with van der Waals surface area (Å²) in [4.78, 5) is 13.2. The lowest BCUT2D eigenvalue weighted by Crippen LogP contribution is -2.13. The highest BCUT2D eigenvalue weighted by molar-refractivity contribution is 7.98. The standard InChI is InChI=1S/C17H18FNO2S/c1-4-21-15-8-6-12(10-14(15)18)19-17(20)13-7-5-11(2)9-16(13)22-3/h5-10H,4H2,1-3H3,(H,19,20). The molecule has 0 heterocycles. The predicted octanol–water partition coefficient (Wildman–Crippen LogP) is 4.51. The molecular weight excluding hydrogens is 301 g/mol. The highest BCUT2D eigenvalue weighted by atomic mass is 32.2. The van der Waals surface area contributed by atoms with Crippen LogP contribution in [0.15, 0.2) is 41.3 Å². The molecule has 0 atom stereocenters. The Bertz CT molecular complexity index is 688. The van der Waals surface area contributed by atoms with Crippen molar-refractivity contribution in [1.29, 1.82) is 0 Å². The third kappa shape index (κ3) is 3.80. The lowest BCUT2D eigenvalue weighted by Gasteiger charge is -2.11. The lowest BCUT2D eigenvalue weighted by atomic mass is 10.1. The molecule has 0 aliphatic heterocycles. The molecule has 2 aromatic carbocycles. The molecule has 5 heteroatoms. The fourth-order valence-corrected chi connectivity index (χ4v) is 2.72. The quantitative estimate of drug-likeness (QED) is 0.824.